The summed E-state index contributed by atoms with van der Waals surface area (Å²) >= 11 is 0. The third-order valence-corrected chi connectivity index (χ3v) is 4.89. The Morgan fingerprint density at radius 1 is 0.757 bits per heavy atom. The monoisotopic (exact) mass is 512 g/mol. The lowest BCUT2D eigenvalue weighted by atomic mass is 9.99. The molecule has 3 aromatic carbocycles. The molecular weight excluding hydrogens is 505 g/mol. The predicted molar refractivity (Wildman–Crippen MR) is 111 cm³/mol. The van der Waals surface area contributed by atoms with Crippen LogP contribution in [0.4, 0.5) is 30.7 Å². The van der Waals surface area contributed by atoms with E-state index in [4.69, 9.17) is 20.5 Å². The van der Waals surface area contributed by atoms with Gasteiger partial charge in [-0.3, -0.25) is 0 Å². The molecule has 0 aliphatic carbocycles. The van der Waals surface area contributed by atoms with Crippen LogP contribution in [0, 0.1) is 68.6 Å². The molecule has 0 aliphatic rings. The average Bonchev–Trinajstić information content (AvgIpc) is 2.87. The Hall–Kier alpha value is -5.33. The van der Waals surface area contributed by atoms with E-state index < -0.39 is 74.0 Å². The minimum absolute atomic E-state index is 0.147. The second-order valence-corrected chi connectivity index (χ2v) is 7.04. The van der Waals surface area contributed by atoms with Gasteiger partial charge in [-0.05, 0) is 30.3 Å². The first-order valence-electron chi connectivity index (χ1n) is 9.68. The lowest BCUT2D eigenvalue weighted by molar-refractivity contribution is -0.137. The minimum atomic E-state index is -4.78. The largest absolute Gasteiger partial charge is 0.457 e. The van der Waals surface area contributed by atoms with E-state index in [1.54, 1.807) is 12.1 Å². The number of hydrogen-bond acceptors (Lipinski definition) is 5. The molecule has 0 saturated heterocycles. The number of benzene rings is 3. The van der Waals surface area contributed by atoms with E-state index in [0.717, 1.165) is 42.5 Å². The van der Waals surface area contributed by atoms with Crippen molar-refractivity contribution in [1.29, 1.82) is 21.0 Å². The number of nitrogens with zero attached hydrogens (tertiary/aromatic N) is 4. The van der Waals surface area contributed by atoms with Crippen LogP contribution in [0.2, 0.25) is 0 Å². The molecular formula is C25H7F7N4O. The molecule has 0 aromatic heterocycles. The van der Waals surface area contributed by atoms with E-state index in [1.807, 2.05) is 0 Å². The summed E-state index contributed by atoms with van der Waals surface area (Å²) in [5.74, 6) is -9.37. The highest BCUT2D eigenvalue weighted by Crippen LogP contribution is 2.33. The van der Waals surface area contributed by atoms with Gasteiger partial charge in [0.25, 0.3) is 0 Å². The van der Waals surface area contributed by atoms with Crippen LogP contribution >= 0.6 is 0 Å². The Kier molecular flexibility index (Phi) is 7.18. The van der Waals surface area contributed by atoms with Gasteiger partial charge in [-0.2, -0.15) is 34.2 Å². The zero-order chi connectivity index (χ0) is 27.5. The average molecular weight is 512 g/mol. The maximum absolute atomic E-state index is 14.7. The van der Waals surface area contributed by atoms with Crippen molar-refractivity contribution in [3.05, 3.63) is 92.9 Å². The smallest absolute Gasteiger partial charge is 0.416 e. The van der Waals surface area contributed by atoms with Gasteiger partial charge in [0.1, 0.15) is 46.9 Å². The van der Waals surface area contributed by atoms with Crippen LogP contribution in [0.15, 0.2) is 42.5 Å². The molecule has 0 N–H and O–H groups in total. The molecule has 0 saturated carbocycles. The Labute approximate surface area is 203 Å². The minimum Gasteiger partial charge on any atom is -0.457 e. The third-order valence-electron chi connectivity index (χ3n) is 4.89. The summed E-state index contributed by atoms with van der Waals surface area (Å²) in [5, 5.41) is 36.0. The van der Waals surface area contributed by atoms with Crippen molar-refractivity contribution in [2.45, 2.75) is 6.18 Å². The Morgan fingerprint density at radius 3 is 1.89 bits per heavy atom. The summed E-state index contributed by atoms with van der Waals surface area (Å²) in [5.41, 5.74) is -5.77. The molecule has 12 heteroatoms. The zero-order valence-electron chi connectivity index (χ0n) is 17.9. The zero-order valence-corrected chi connectivity index (χ0v) is 17.9. The molecule has 3 rings (SSSR count). The molecule has 182 valence electrons. The van der Waals surface area contributed by atoms with Crippen molar-refractivity contribution in [3.8, 4) is 35.8 Å². The van der Waals surface area contributed by atoms with E-state index in [0.29, 0.717) is 6.07 Å². The summed E-state index contributed by atoms with van der Waals surface area (Å²) in [6.07, 6.45) is -4.78. The topological polar surface area (TPSA) is 104 Å². The highest BCUT2D eigenvalue weighted by molar-refractivity contribution is 5.79. The van der Waals surface area contributed by atoms with Crippen molar-refractivity contribution in [2.24, 2.45) is 0 Å². The SMILES string of the molecule is N#CC(C#N)=c1cc/c(=C(/C#N)c2c(F)c(F)c(C#N)c(F)c2F)c(Oc2cccc(C(F)(F)F)c2)c1. The number of rotatable bonds is 3. The van der Waals surface area contributed by atoms with Crippen LogP contribution in [-0.2, 0) is 6.18 Å². The molecule has 0 atom stereocenters. The van der Waals surface area contributed by atoms with Crippen molar-refractivity contribution >= 4 is 11.1 Å². The summed E-state index contributed by atoms with van der Waals surface area (Å²) < 4.78 is 103. The van der Waals surface area contributed by atoms with E-state index in [2.05, 4.69) is 0 Å². The molecule has 0 unspecified atom stereocenters. The molecule has 37 heavy (non-hydrogen) atoms. The van der Waals surface area contributed by atoms with Gasteiger partial charge in [-0.1, -0.05) is 12.1 Å². The van der Waals surface area contributed by atoms with Crippen LogP contribution in [0.5, 0.6) is 11.5 Å². The Bertz CT molecular complexity index is 1690. The van der Waals surface area contributed by atoms with Crippen LogP contribution < -0.4 is 15.2 Å². The Balaban J connectivity index is 2.46. The molecule has 0 amide bonds. The fraction of sp³-hybridized carbons (Fsp3) is 0.0400. The van der Waals surface area contributed by atoms with Gasteiger partial charge in [-0.25, -0.2) is 17.6 Å². The van der Waals surface area contributed by atoms with Gasteiger partial charge in [0.05, 0.1) is 16.7 Å². The first kappa shape index (κ1) is 26.3. The van der Waals surface area contributed by atoms with Gasteiger partial charge in [-0.15, -0.1) is 0 Å². The third kappa shape index (κ3) is 4.91. The van der Waals surface area contributed by atoms with E-state index in [-0.39, 0.29) is 5.22 Å². The van der Waals surface area contributed by atoms with E-state index in [1.165, 1.54) is 6.07 Å². The number of nitriles is 4. The van der Waals surface area contributed by atoms with Crippen LogP contribution in [0.25, 0.3) is 11.1 Å². The highest BCUT2D eigenvalue weighted by atomic mass is 19.4. The molecule has 0 spiro atoms. The predicted octanol–water partition coefficient (Wildman–Crippen LogP) is 4.85. The molecule has 0 bridgehead atoms. The van der Waals surface area contributed by atoms with Gasteiger partial charge >= 0.3 is 6.18 Å². The van der Waals surface area contributed by atoms with Crippen molar-refractivity contribution in [2.75, 3.05) is 0 Å². The van der Waals surface area contributed by atoms with E-state index in [9.17, 15) is 36.0 Å². The first-order valence-corrected chi connectivity index (χ1v) is 9.68. The van der Waals surface area contributed by atoms with Gasteiger partial charge < -0.3 is 4.74 Å². The molecule has 0 fully saturated rings. The summed E-state index contributed by atoms with van der Waals surface area (Å²) in [7, 11) is 0. The normalized spacial score (nSPS) is 11.4. The lowest BCUT2D eigenvalue weighted by Gasteiger charge is -2.12. The summed E-state index contributed by atoms with van der Waals surface area (Å²) in [6.45, 7) is 0. The molecule has 0 heterocycles. The maximum Gasteiger partial charge on any atom is 0.416 e. The van der Waals surface area contributed by atoms with Gasteiger partial charge in [0.15, 0.2) is 23.3 Å². The number of hydrogen-bond donors (Lipinski definition) is 0. The maximum atomic E-state index is 14.7. The lowest BCUT2D eigenvalue weighted by Crippen LogP contribution is -2.18. The van der Waals surface area contributed by atoms with Crippen LogP contribution in [0.1, 0.15) is 16.7 Å². The Morgan fingerprint density at radius 2 is 1.38 bits per heavy atom. The second kappa shape index (κ2) is 10.1. The molecule has 3 aromatic rings. The summed E-state index contributed by atoms with van der Waals surface area (Å²) in [4.78, 5) is 0. The molecule has 0 radical (unpaired) electrons. The first-order chi connectivity index (χ1) is 17.5. The van der Waals surface area contributed by atoms with Gasteiger partial charge in [0, 0.05) is 10.4 Å². The standard InChI is InChI=1S/C25H7F7N4O/c26-21-18(11-36)22(27)24(29)20(23(21)28)17(10-35)16-5-4-12(13(8-33)9-34)6-19(16)37-15-3-1-2-14(7-15)25(30,31)32/h1-7H/b17-16+. The summed E-state index contributed by atoms with van der Waals surface area (Å²) in [6, 6.07) is 11.6. The highest BCUT2D eigenvalue weighted by Gasteiger charge is 2.31. The van der Waals surface area contributed by atoms with Gasteiger partial charge in [0.2, 0.25) is 0 Å². The molecule has 0 aliphatic heterocycles. The van der Waals surface area contributed by atoms with E-state index >= 15 is 0 Å². The van der Waals surface area contributed by atoms with Crippen LogP contribution in [0.3, 0.4) is 0 Å². The van der Waals surface area contributed by atoms with Crippen molar-refractivity contribution in [3.63, 3.8) is 0 Å². The van der Waals surface area contributed by atoms with Crippen LogP contribution in [-0.4, -0.2) is 0 Å². The quantitative estimate of drug-likeness (QED) is 0.369. The molecule has 5 nitrogen and oxygen atoms in total. The second-order valence-electron chi connectivity index (χ2n) is 7.04. The number of ether oxygens (including phenoxy) is 1. The fourth-order valence-corrected chi connectivity index (χ4v) is 3.19. The fourth-order valence-electron chi connectivity index (χ4n) is 3.19. The van der Waals surface area contributed by atoms with Crippen molar-refractivity contribution < 1.29 is 35.5 Å². The number of alkyl halides is 3. The number of halogens is 7. The van der Waals surface area contributed by atoms with Crippen molar-refractivity contribution in [1.82, 2.24) is 0 Å².